The Morgan fingerprint density at radius 2 is 2.00 bits per heavy atom. The van der Waals surface area contributed by atoms with E-state index in [4.69, 9.17) is 5.11 Å². The van der Waals surface area contributed by atoms with Gasteiger partial charge in [-0.1, -0.05) is 0 Å². The Hall–Kier alpha value is -2.17. The lowest BCUT2D eigenvalue weighted by Gasteiger charge is -2.08. The molecule has 0 fully saturated rings. The molecule has 1 amide bonds. The molecule has 0 aliphatic heterocycles. The van der Waals surface area contributed by atoms with Crippen molar-refractivity contribution in [2.45, 2.75) is 11.4 Å². The van der Waals surface area contributed by atoms with Gasteiger partial charge in [0, 0.05) is 32.2 Å². The number of hydrogen-bond acceptors (Lipinski definition) is 5. The summed E-state index contributed by atoms with van der Waals surface area (Å²) in [7, 11) is 0.796. The fraction of sp³-hybridized carbons (Fsp3) is 0.286. The second-order valence-corrected chi connectivity index (χ2v) is 8.53. The maximum Gasteiger partial charge on any atom is 0.345 e. The van der Waals surface area contributed by atoms with E-state index in [9.17, 15) is 18.0 Å². The van der Waals surface area contributed by atoms with Crippen molar-refractivity contribution in [3.05, 3.63) is 39.8 Å². The van der Waals surface area contributed by atoms with Crippen molar-refractivity contribution in [3.63, 3.8) is 0 Å². The number of carbonyl (C=O) groups is 2. The van der Waals surface area contributed by atoms with Gasteiger partial charge in [-0.2, -0.15) is 0 Å². The van der Waals surface area contributed by atoms with Crippen molar-refractivity contribution in [3.8, 4) is 0 Å². The smallest absolute Gasteiger partial charge is 0.345 e. The number of carbonyl (C=O) groups excluding carboxylic acids is 1. The second-order valence-electron chi connectivity index (χ2n) is 5.21. The molecule has 2 aromatic rings. The molecule has 2 N–H and O–H groups in total. The first-order valence-corrected chi connectivity index (χ1v) is 9.07. The van der Waals surface area contributed by atoms with Gasteiger partial charge in [-0.05, 0) is 18.2 Å². The summed E-state index contributed by atoms with van der Waals surface area (Å²) >= 11 is 1.07. The Balaban J connectivity index is 2.13. The molecule has 0 aliphatic carbocycles. The predicted octanol–water partition coefficient (Wildman–Crippen LogP) is 0.965. The van der Waals surface area contributed by atoms with E-state index in [0.717, 1.165) is 15.6 Å². The number of rotatable bonds is 6. The number of sulfonamides is 1. The van der Waals surface area contributed by atoms with Gasteiger partial charge in [0.2, 0.25) is 10.0 Å². The molecule has 0 radical (unpaired) electrons. The molecule has 0 saturated carbocycles. The average molecular weight is 371 g/mol. The van der Waals surface area contributed by atoms with Gasteiger partial charge < -0.3 is 15.0 Å². The number of aromatic carboxylic acids is 1. The molecule has 2 rings (SSSR count). The van der Waals surface area contributed by atoms with E-state index < -0.39 is 21.9 Å². The molecule has 130 valence electrons. The summed E-state index contributed by atoms with van der Waals surface area (Å²) in [6.45, 7) is 0.164. The fourth-order valence-corrected chi connectivity index (χ4v) is 3.72. The minimum absolute atomic E-state index is 0.0319. The Morgan fingerprint density at radius 1 is 1.33 bits per heavy atom. The van der Waals surface area contributed by atoms with E-state index in [1.54, 1.807) is 13.1 Å². The van der Waals surface area contributed by atoms with Crippen molar-refractivity contribution in [2.24, 2.45) is 7.05 Å². The first-order valence-electron chi connectivity index (χ1n) is 6.82. The van der Waals surface area contributed by atoms with Gasteiger partial charge in [0.1, 0.15) is 15.5 Å². The van der Waals surface area contributed by atoms with Crippen LogP contribution in [0.25, 0.3) is 0 Å². The normalized spacial score (nSPS) is 11.7. The van der Waals surface area contributed by atoms with Gasteiger partial charge in [-0.3, -0.25) is 4.79 Å². The van der Waals surface area contributed by atoms with Crippen LogP contribution in [-0.4, -0.2) is 48.4 Å². The molecule has 2 heterocycles. The summed E-state index contributed by atoms with van der Waals surface area (Å²) in [4.78, 5) is 24.0. The Kier molecular flexibility index (Phi) is 5.11. The number of hydrogen-bond donors (Lipinski definition) is 2. The van der Waals surface area contributed by atoms with Gasteiger partial charge in [0.05, 0.1) is 6.54 Å². The summed E-state index contributed by atoms with van der Waals surface area (Å²) in [6.07, 6.45) is 1.37. The van der Waals surface area contributed by atoms with Crippen molar-refractivity contribution in [1.82, 2.24) is 14.2 Å². The zero-order valence-corrected chi connectivity index (χ0v) is 14.9. The number of aryl methyl sites for hydroxylation is 1. The number of thiophene rings is 1. The molecule has 0 aromatic carbocycles. The van der Waals surface area contributed by atoms with E-state index >= 15 is 0 Å². The maximum atomic E-state index is 12.2. The van der Waals surface area contributed by atoms with Crippen molar-refractivity contribution >= 4 is 33.2 Å². The fourth-order valence-electron chi connectivity index (χ4n) is 1.96. The molecule has 0 spiro atoms. The summed E-state index contributed by atoms with van der Waals surface area (Å²) in [5, 5.41) is 11.5. The standard InChI is InChI=1S/C14H17N3O5S2/c1-16(2)24(21,22)10-6-11(17(3)8-10)13(18)15-7-9-4-5-12(23-9)14(19)20/h4-6,8H,7H2,1-3H3,(H,15,18)(H,19,20). The van der Waals surface area contributed by atoms with Crippen LogP contribution in [0.5, 0.6) is 0 Å². The van der Waals surface area contributed by atoms with Crippen molar-refractivity contribution in [1.29, 1.82) is 0 Å². The summed E-state index contributed by atoms with van der Waals surface area (Å²) in [5.41, 5.74) is 0.199. The zero-order chi connectivity index (χ0) is 18.1. The van der Waals surface area contributed by atoms with Gasteiger partial charge >= 0.3 is 5.97 Å². The lowest BCUT2D eigenvalue weighted by molar-refractivity contribution is 0.0702. The lowest BCUT2D eigenvalue weighted by atomic mass is 10.3. The van der Waals surface area contributed by atoms with Crippen LogP contribution < -0.4 is 5.32 Å². The second kappa shape index (κ2) is 6.75. The minimum atomic E-state index is -3.62. The molecule has 0 bridgehead atoms. The van der Waals surface area contributed by atoms with Crippen LogP contribution >= 0.6 is 11.3 Å². The molecule has 10 heteroatoms. The van der Waals surface area contributed by atoms with Crippen molar-refractivity contribution < 1.29 is 23.1 Å². The van der Waals surface area contributed by atoms with Crippen LogP contribution in [0.4, 0.5) is 0 Å². The molecule has 24 heavy (non-hydrogen) atoms. The van der Waals surface area contributed by atoms with Crippen LogP contribution in [0.3, 0.4) is 0 Å². The molecular formula is C14H17N3O5S2. The van der Waals surface area contributed by atoms with Crippen LogP contribution in [0, 0.1) is 0 Å². The third-order valence-electron chi connectivity index (χ3n) is 3.29. The Bertz CT molecular complexity index is 880. The van der Waals surface area contributed by atoms with E-state index in [2.05, 4.69) is 5.32 Å². The first-order chi connectivity index (χ1) is 11.1. The molecule has 8 nitrogen and oxygen atoms in total. The number of carboxylic acids is 1. The molecule has 0 saturated heterocycles. The highest BCUT2D eigenvalue weighted by Crippen LogP contribution is 2.18. The zero-order valence-electron chi connectivity index (χ0n) is 13.3. The van der Waals surface area contributed by atoms with Gasteiger partial charge in [-0.15, -0.1) is 11.3 Å². The summed E-state index contributed by atoms with van der Waals surface area (Å²) in [6, 6.07) is 4.40. The molecule has 0 unspecified atom stereocenters. The monoisotopic (exact) mass is 371 g/mol. The van der Waals surface area contributed by atoms with Gasteiger partial charge in [-0.25, -0.2) is 17.5 Å². The third-order valence-corrected chi connectivity index (χ3v) is 6.14. The topological polar surface area (TPSA) is 109 Å². The van der Waals surface area contributed by atoms with E-state index in [1.165, 1.54) is 37.0 Å². The SMILES string of the molecule is CN(C)S(=O)(=O)c1cc(C(=O)NCc2ccc(C(=O)O)s2)n(C)c1. The minimum Gasteiger partial charge on any atom is -0.477 e. The third kappa shape index (κ3) is 3.66. The van der Waals surface area contributed by atoms with E-state index in [1.807, 2.05) is 0 Å². The maximum absolute atomic E-state index is 12.2. The van der Waals surface area contributed by atoms with E-state index in [-0.39, 0.29) is 22.0 Å². The highest BCUT2D eigenvalue weighted by Gasteiger charge is 2.22. The molecule has 2 aromatic heterocycles. The highest BCUT2D eigenvalue weighted by atomic mass is 32.2. The number of aromatic nitrogens is 1. The summed E-state index contributed by atoms with van der Waals surface area (Å²) in [5.74, 6) is -1.46. The molecular weight excluding hydrogens is 354 g/mol. The highest BCUT2D eigenvalue weighted by molar-refractivity contribution is 7.89. The molecule has 0 aliphatic rings. The van der Waals surface area contributed by atoms with E-state index in [0.29, 0.717) is 4.88 Å². The molecule has 0 atom stereocenters. The number of carboxylic acid groups (broad SMARTS) is 1. The largest absolute Gasteiger partial charge is 0.477 e. The predicted molar refractivity (Wildman–Crippen MR) is 88.7 cm³/mol. The Labute approximate surface area is 143 Å². The Morgan fingerprint density at radius 3 is 2.54 bits per heavy atom. The van der Waals surface area contributed by atoms with Gasteiger partial charge in [0.15, 0.2) is 0 Å². The number of nitrogens with one attached hydrogen (secondary N) is 1. The number of amides is 1. The van der Waals surface area contributed by atoms with Crippen LogP contribution in [0.15, 0.2) is 29.3 Å². The van der Waals surface area contributed by atoms with Crippen molar-refractivity contribution in [2.75, 3.05) is 14.1 Å². The summed E-state index contributed by atoms with van der Waals surface area (Å²) < 4.78 is 26.7. The lowest BCUT2D eigenvalue weighted by Crippen LogP contribution is -2.24. The van der Waals surface area contributed by atoms with Gasteiger partial charge in [0.25, 0.3) is 5.91 Å². The average Bonchev–Trinajstić information content (AvgIpc) is 3.11. The van der Waals surface area contributed by atoms with Crippen LogP contribution in [0.2, 0.25) is 0 Å². The van der Waals surface area contributed by atoms with Crippen LogP contribution in [-0.2, 0) is 23.6 Å². The first kappa shape index (κ1) is 18.2. The quantitative estimate of drug-likeness (QED) is 0.786. The number of nitrogens with zero attached hydrogens (tertiary/aromatic N) is 2. The van der Waals surface area contributed by atoms with Crippen LogP contribution in [0.1, 0.15) is 25.0 Å².